The van der Waals surface area contributed by atoms with Crippen molar-refractivity contribution in [1.82, 2.24) is 0 Å². The highest BCUT2D eigenvalue weighted by Gasteiger charge is 2.64. The van der Waals surface area contributed by atoms with Crippen LogP contribution < -0.4 is 4.57 Å². The second-order valence-electron chi connectivity index (χ2n) is 6.53. The fourth-order valence-corrected chi connectivity index (χ4v) is 8.02. The number of nitrogens with zero attached hydrogens (tertiary/aromatic N) is 1. The molecule has 3 aliphatic rings. The molecule has 2 aromatic rings. The van der Waals surface area contributed by atoms with Crippen LogP contribution in [-0.4, -0.2) is 17.8 Å². The minimum absolute atomic E-state index is 0.0409. The smallest absolute Gasteiger partial charge is 0.309 e. The Morgan fingerprint density at radius 1 is 1.36 bits per heavy atom. The third-order valence-electron chi connectivity index (χ3n) is 5.53. The van der Waals surface area contributed by atoms with Gasteiger partial charge in [0.1, 0.15) is 4.70 Å². The van der Waals surface area contributed by atoms with Crippen LogP contribution in [0.1, 0.15) is 25.8 Å². The number of benzene rings is 1. The van der Waals surface area contributed by atoms with Crippen LogP contribution in [0.25, 0.3) is 10.2 Å². The van der Waals surface area contributed by atoms with Gasteiger partial charge in [0, 0.05) is 12.0 Å². The molecule has 0 amide bonds. The van der Waals surface area contributed by atoms with Crippen molar-refractivity contribution in [3.05, 3.63) is 24.3 Å². The van der Waals surface area contributed by atoms with Crippen molar-refractivity contribution in [2.45, 2.75) is 35.4 Å². The van der Waals surface area contributed by atoms with Gasteiger partial charge < -0.3 is 4.74 Å². The molecule has 2 saturated carbocycles. The van der Waals surface area contributed by atoms with E-state index in [4.69, 9.17) is 4.74 Å². The van der Waals surface area contributed by atoms with Gasteiger partial charge in [0.2, 0.25) is 5.52 Å². The number of carbonyl (C=O) groups excluding carboxylic acids is 1. The van der Waals surface area contributed by atoms with Gasteiger partial charge in [-0.1, -0.05) is 23.5 Å². The molecule has 2 heterocycles. The Hall–Kier alpha value is -1.07. The van der Waals surface area contributed by atoms with E-state index in [9.17, 15) is 4.79 Å². The van der Waals surface area contributed by atoms with Gasteiger partial charge in [-0.05, 0) is 43.5 Å². The number of fused-ring (bicyclic) bond motifs is 9. The molecule has 0 N–H and O–H groups in total. The molecule has 5 atom stereocenters. The number of ether oxygens (including phenoxy) is 1. The molecule has 1 aromatic carbocycles. The number of thioether (sulfide) groups is 1. The summed E-state index contributed by atoms with van der Waals surface area (Å²) in [6, 6.07) is 9.30. The van der Waals surface area contributed by atoms with E-state index in [0.717, 1.165) is 6.42 Å². The predicted molar refractivity (Wildman–Crippen MR) is 87.0 cm³/mol. The number of rotatable bonds is 2. The van der Waals surface area contributed by atoms with Crippen molar-refractivity contribution >= 4 is 39.3 Å². The number of hydrogen-bond acceptors (Lipinski definition) is 4. The fraction of sp³-hybridized carbons (Fsp3) is 0.529. The zero-order chi connectivity index (χ0) is 14.8. The number of esters is 1. The lowest BCUT2D eigenvalue weighted by Gasteiger charge is -2.26. The first-order chi connectivity index (χ1) is 10.8. The molecular weight excluding hydrogens is 314 g/mol. The summed E-state index contributed by atoms with van der Waals surface area (Å²) in [7, 11) is 0. The summed E-state index contributed by atoms with van der Waals surface area (Å²) in [4.78, 5) is 12.2. The van der Waals surface area contributed by atoms with E-state index >= 15 is 0 Å². The Balaban J connectivity index is 1.52. The Kier molecular flexibility index (Phi) is 2.87. The Morgan fingerprint density at radius 2 is 2.23 bits per heavy atom. The van der Waals surface area contributed by atoms with Crippen LogP contribution in [0, 0.1) is 17.8 Å². The maximum Gasteiger partial charge on any atom is 0.309 e. The molecule has 1 aliphatic heterocycles. The monoisotopic (exact) mass is 332 g/mol. The molecule has 5 heteroatoms. The van der Waals surface area contributed by atoms with E-state index in [1.54, 1.807) is 0 Å². The first-order valence-electron chi connectivity index (χ1n) is 8.04. The Bertz CT molecular complexity index is 771. The molecule has 1 aromatic heterocycles. The minimum Gasteiger partial charge on any atom is -0.466 e. The van der Waals surface area contributed by atoms with Gasteiger partial charge in [-0.25, -0.2) is 0 Å². The summed E-state index contributed by atoms with van der Waals surface area (Å²) in [5.41, 5.74) is 1.38. The number of thiazole rings is 1. The Morgan fingerprint density at radius 3 is 3.09 bits per heavy atom. The zero-order valence-corrected chi connectivity index (χ0v) is 14.0. The van der Waals surface area contributed by atoms with Crippen LogP contribution in [0.2, 0.25) is 0 Å². The van der Waals surface area contributed by atoms with E-state index in [2.05, 4.69) is 28.8 Å². The molecular formula is C17H18NO2S2+. The molecule has 0 spiro atoms. The van der Waals surface area contributed by atoms with Crippen molar-refractivity contribution in [3.8, 4) is 0 Å². The first kappa shape index (κ1) is 13.4. The molecule has 0 radical (unpaired) electrons. The molecule has 22 heavy (non-hydrogen) atoms. The quantitative estimate of drug-likeness (QED) is 0.623. The van der Waals surface area contributed by atoms with Gasteiger partial charge in [0.15, 0.2) is 6.04 Å². The van der Waals surface area contributed by atoms with E-state index in [0.29, 0.717) is 29.7 Å². The molecule has 0 saturated heterocycles. The molecule has 2 aliphatic carbocycles. The summed E-state index contributed by atoms with van der Waals surface area (Å²) < 4.78 is 10.7. The van der Waals surface area contributed by atoms with Gasteiger partial charge in [-0.15, -0.1) is 0 Å². The maximum absolute atomic E-state index is 12.2. The van der Waals surface area contributed by atoms with Gasteiger partial charge in [0.05, 0.1) is 17.8 Å². The van der Waals surface area contributed by atoms with Gasteiger partial charge in [-0.2, -0.15) is 4.57 Å². The van der Waals surface area contributed by atoms with Gasteiger partial charge in [-0.3, -0.25) is 4.79 Å². The third kappa shape index (κ3) is 1.64. The summed E-state index contributed by atoms with van der Waals surface area (Å²) in [6.45, 7) is 2.40. The SMILES string of the molecule is CCOC(=O)[C@@H]1C[C@H]2C[C@H]1[C@H]1Sc3sc4ccccc4[n+]3[C@@H]21. The lowest BCUT2D eigenvalue weighted by molar-refractivity contribution is -0.726. The van der Waals surface area contributed by atoms with Crippen LogP contribution in [0.3, 0.4) is 0 Å². The molecule has 2 bridgehead atoms. The molecule has 0 unspecified atom stereocenters. The molecule has 2 fully saturated rings. The summed E-state index contributed by atoms with van der Waals surface area (Å²) in [5.74, 6) is 1.32. The highest BCUT2D eigenvalue weighted by atomic mass is 32.2. The maximum atomic E-state index is 12.2. The fourth-order valence-electron chi connectivity index (χ4n) is 4.77. The summed E-state index contributed by atoms with van der Waals surface area (Å²) in [5, 5.41) is 0.573. The summed E-state index contributed by atoms with van der Waals surface area (Å²) >= 11 is 3.91. The van der Waals surface area contributed by atoms with Crippen LogP contribution in [0.15, 0.2) is 28.6 Å². The largest absolute Gasteiger partial charge is 0.466 e. The number of para-hydroxylation sites is 1. The predicted octanol–water partition coefficient (Wildman–Crippen LogP) is 3.42. The van der Waals surface area contributed by atoms with Gasteiger partial charge in [0.25, 0.3) is 4.34 Å². The van der Waals surface area contributed by atoms with Crippen LogP contribution in [0.5, 0.6) is 0 Å². The van der Waals surface area contributed by atoms with Crippen molar-refractivity contribution in [1.29, 1.82) is 0 Å². The lowest BCUT2D eigenvalue weighted by atomic mass is 9.85. The highest BCUT2D eigenvalue weighted by Crippen LogP contribution is 2.61. The normalized spacial score (nSPS) is 34.9. The van der Waals surface area contributed by atoms with E-state index in [1.807, 2.05) is 30.0 Å². The number of hydrogen-bond donors (Lipinski definition) is 0. The van der Waals surface area contributed by atoms with E-state index < -0.39 is 0 Å². The average molecular weight is 332 g/mol. The van der Waals surface area contributed by atoms with Crippen molar-refractivity contribution in [2.24, 2.45) is 17.8 Å². The van der Waals surface area contributed by atoms with Crippen LogP contribution in [0.4, 0.5) is 0 Å². The van der Waals surface area contributed by atoms with Crippen molar-refractivity contribution in [2.75, 3.05) is 6.61 Å². The topological polar surface area (TPSA) is 30.2 Å². The first-order valence-corrected chi connectivity index (χ1v) is 9.74. The van der Waals surface area contributed by atoms with Gasteiger partial charge >= 0.3 is 5.97 Å². The zero-order valence-electron chi connectivity index (χ0n) is 12.4. The van der Waals surface area contributed by atoms with E-state index in [-0.39, 0.29) is 11.9 Å². The minimum atomic E-state index is 0.0409. The molecule has 114 valence electrons. The molecule has 5 rings (SSSR count). The molecule has 3 nitrogen and oxygen atoms in total. The average Bonchev–Trinajstić information content (AvgIpc) is 3.23. The lowest BCUT2D eigenvalue weighted by Crippen LogP contribution is -2.45. The summed E-state index contributed by atoms with van der Waals surface area (Å²) in [6.07, 6.45) is 2.21. The second-order valence-corrected chi connectivity index (χ2v) is 8.99. The second kappa shape index (κ2) is 4.71. The Labute approximate surface area is 137 Å². The van der Waals surface area contributed by atoms with Crippen LogP contribution >= 0.6 is 23.1 Å². The van der Waals surface area contributed by atoms with Crippen molar-refractivity contribution < 1.29 is 14.1 Å². The highest BCUT2D eigenvalue weighted by molar-refractivity contribution is 8.01. The van der Waals surface area contributed by atoms with Crippen molar-refractivity contribution in [3.63, 3.8) is 0 Å². The van der Waals surface area contributed by atoms with Crippen LogP contribution in [-0.2, 0) is 9.53 Å². The number of aromatic nitrogens is 1. The third-order valence-corrected chi connectivity index (χ3v) is 8.31. The van der Waals surface area contributed by atoms with E-state index in [1.165, 1.54) is 21.0 Å². The standard InChI is InChI=1S/C17H18NO2S2/c1-2-20-16(19)11-8-9-7-10(11)15-14(9)18-12-5-3-4-6-13(12)21-17(18)22-15/h3-6,9-11,14-15H,2,7-8H2,1H3/q+1/t9-,10-,11-,14+,15-/m1/s1. The number of carbonyl (C=O) groups is 1.